The minimum atomic E-state index is -0.721. The second-order valence-electron chi connectivity index (χ2n) is 6.66. The van der Waals surface area contributed by atoms with Crippen LogP contribution in [0.1, 0.15) is 6.42 Å². The van der Waals surface area contributed by atoms with Gasteiger partial charge in [-0.3, -0.25) is 0 Å². The molecule has 0 unspecified atom stereocenters. The van der Waals surface area contributed by atoms with Gasteiger partial charge in [-0.15, -0.1) is 0 Å². The molecule has 1 fully saturated rings. The fraction of sp³-hybridized carbons (Fsp3) is 0.250. The molecule has 4 rings (SSSR count). The molecule has 9 heteroatoms. The predicted octanol–water partition coefficient (Wildman–Crippen LogP) is 4.04. The van der Waals surface area contributed by atoms with E-state index in [-0.39, 0.29) is 17.3 Å². The van der Waals surface area contributed by atoms with E-state index in [1.54, 1.807) is 18.4 Å². The topological polar surface area (TPSA) is 71.4 Å². The molecule has 1 saturated heterocycles. The molecule has 0 bridgehead atoms. The molecule has 2 heterocycles. The lowest BCUT2D eigenvalue weighted by atomic mass is 10.2. The van der Waals surface area contributed by atoms with Crippen molar-refractivity contribution in [2.75, 3.05) is 24.7 Å². The highest BCUT2D eigenvalue weighted by atomic mass is 32.2. The van der Waals surface area contributed by atoms with Gasteiger partial charge in [-0.25, -0.2) is 23.1 Å². The van der Waals surface area contributed by atoms with Crippen molar-refractivity contribution in [3.8, 4) is 11.4 Å². The van der Waals surface area contributed by atoms with Gasteiger partial charge < -0.3 is 15.4 Å². The third-order valence-electron chi connectivity index (χ3n) is 4.43. The number of anilines is 2. The van der Waals surface area contributed by atoms with Crippen molar-refractivity contribution in [1.29, 1.82) is 0 Å². The molecule has 1 aromatic heterocycles. The summed E-state index contributed by atoms with van der Waals surface area (Å²) in [6.45, 7) is 1.54. The number of benzene rings is 2. The Bertz CT molecular complexity index is 1210. The van der Waals surface area contributed by atoms with Gasteiger partial charge in [0.1, 0.15) is 35.6 Å². The average molecular weight is 415 g/mol. The largest absolute Gasteiger partial charge is 0.487 e. The third kappa shape index (κ3) is 4.37. The van der Waals surface area contributed by atoms with Crippen molar-refractivity contribution >= 4 is 38.2 Å². The summed E-state index contributed by atoms with van der Waals surface area (Å²) in [5.74, 6) is -0.350. The van der Waals surface area contributed by atoms with Crippen LogP contribution >= 0.6 is 0 Å². The summed E-state index contributed by atoms with van der Waals surface area (Å²) < 4.78 is 38.7. The fourth-order valence-electron chi connectivity index (χ4n) is 3.17. The molecule has 0 spiro atoms. The van der Waals surface area contributed by atoms with Gasteiger partial charge in [-0.1, -0.05) is 15.8 Å². The summed E-state index contributed by atoms with van der Waals surface area (Å²) in [5.41, 5.74) is 6.98. The molecule has 1 aliphatic rings. The minimum Gasteiger partial charge on any atom is -0.487 e. The second kappa shape index (κ2) is 8.16. The highest BCUT2D eigenvalue weighted by molar-refractivity contribution is 7.75. The van der Waals surface area contributed by atoms with Crippen molar-refractivity contribution < 1.29 is 13.5 Å². The molecule has 0 radical (unpaired) electrons. The lowest BCUT2D eigenvalue weighted by molar-refractivity contribution is 0.223. The Morgan fingerprint density at radius 2 is 2.14 bits per heavy atom. The van der Waals surface area contributed by atoms with Crippen LogP contribution in [0.25, 0.3) is 10.9 Å². The first-order valence-electron chi connectivity index (χ1n) is 9.00. The summed E-state index contributed by atoms with van der Waals surface area (Å²) in [5, 5.41) is 6.47. The normalized spacial score (nSPS) is 16.9. The summed E-state index contributed by atoms with van der Waals surface area (Å²) >= 11 is 0. The zero-order valence-corrected chi connectivity index (χ0v) is 16.5. The van der Waals surface area contributed by atoms with Gasteiger partial charge >= 0.3 is 0 Å². The van der Waals surface area contributed by atoms with Crippen molar-refractivity contribution in [1.82, 2.24) is 15.3 Å². The monoisotopic (exact) mass is 415 g/mol. The highest BCUT2D eigenvalue weighted by Gasteiger charge is 2.19. The van der Waals surface area contributed by atoms with Gasteiger partial charge in [0.15, 0.2) is 0 Å². The standard InChI is InChI=1S/C20H19F2N5OS/c1-29(2)27-13-8-15(22)19-17(9-13)24-11-25-20(19)26-16-4-3-12(21)7-18(16)28-14-5-6-23-10-14/h1,3-4,7-9,11,14,23H,5-6,10H2,2H3,(H,24,25,26)/t14-/m1/s1. The van der Waals surface area contributed by atoms with Crippen molar-refractivity contribution in [3.05, 3.63) is 48.3 Å². The van der Waals surface area contributed by atoms with E-state index in [1.165, 1.54) is 24.5 Å². The molecule has 3 aromatic rings. The van der Waals surface area contributed by atoms with Crippen LogP contribution in [0.15, 0.2) is 41.0 Å². The molecule has 29 heavy (non-hydrogen) atoms. The first-order valence-corrected chi connectivity index (χ1v) is 10.7. The molecule has 0 saturated carbocycles. The average Bonchev–Trinajstić information content (AvgIpc) is 3.16. The Balaban J connectivity index is 1.73. The van der Waals surface area contributed by atoms with E-state index in [0.29, 0.717) is 29.2 Å². The van der Waals surface area contributed by atoms with Gasteiger partial charge in [0.2, 0.25) is 0 Å². The van der Waals surface area contributed by atoms with E-state index < -0.39 is 21.7 Å². The van der Waals surface area contributed by atoms with E-state index in [2.05, 4.69) is 25.0 Å². The summed E-state index contributed by atoms with van der Waals surface area (Å²) in [4.78, 5) is 8.32. The van der Waals surface area contributed by atoms with Crippen molar-refractivity contribution in [3.63, 3.8) is 0 Å². The van der Waals surface area contributed by atoms with E-state index in [9.17, 15) is 8.78 Å². The van der Waals surface area contributed by atoms with Gasteiger partial charge in [-0.05, 0) is 31.2 Å². The molecule has 2 aromatic carbocycles. The molecule has 0 aliphatic carbocycles. The summed E-state index contributed by atoms with van der Waals surface area (Å²) in [7, 11) is -0.721. The fourth-order valence-corrected chi connectivity index (χ4v) is 3.61. The van der Waals surface area contributed by atoms with Crippen LogP contribution < -0.4 is 15.4 Å². The van der Waals surface area contributed by atoms with Gasteiger partial charge in [0, 0.05) is 24.9 Å². The van der Waals surface area contributed by atoms with Crippen LogP contribution in [0.4, 0.5) is 26.0 Å². The van der Waals surface area contributed by atoms with E-state index in [0.717, 1.165) is 13.0 Å². The number of nitrogens with zero attached hydrogens (tertiary/aromatic N) is 3. The smallest absolute Gasteiger partial charge is 0.146 e. The van der Waals surface area contributed by atoms with Gasteiger partial charge in [0.25, 0.3) is 0 Å². The maximum Gasteiger partial charge on any atom is 0.146 e. The minimum absolute atomic E-state index is 0.0560. The van der Waals surface area contributed by atoms with Crippen LogP contribution in [0, 0.1) is 17.3 Å². The zero-order chi connectivity index (χ0) is 20.4. The highest BCUT2D eigenvalue weighted by Crippen LogP contribution is 2.34. The number of aromatic nitrogens is 2. The SMILES string of the molecule is C#S(C)=Nc1cc(F)c2c(Nc3ccc(F)cc3O[C@@H]3CCNC3)ncnc2c1. The molecule has 1 aliphatic heterocycles. The van der Waals surface area contributed by atoms with Gasteiger partial charge in [-0.2, -0.15) is 0 Å². The number of ether oxygens (including phenoxy) is 1. The van der Waals surface area contributed by atoms with Crippen LogP contribution in [0.3, 0.4) is 0 Å². The Hall–Kier alpha value is -3.00. The number of rotatable bonds is 5. The number of fused-ring (bicyclic) bond motifs is 1. The maximum atomic E-state index is 14.8. The quantitative estimate of drug-likeness (QED) is 0.658. The maximum absolute atomic E-state index is 14.8. The first-order chi connectivity index (χ1) is 14.0. The second-order valence-corrected chi connectivity index (χ2v) is 7.89. The number of hydrogen-bond donors (Lipinski definition) is 2. The Morgan fingerprint density at radius 1 is 1.28 bits per heavy atom. The van der Waals surface area contributed by atoms with Gasteiger partial charge in [0.05, 0.1) is 22.3 Å². The molecular weight excluding hydrogens is 396 g/mol. The summed E-state index contributed by atoms with van der Waals surface area (Å²) in [6.07, 6.45) is 3.82. The van der Waals surface area contributed by atoms with E-state index in [4.69, 9.17) is 10.4 Å². The lowest BCUT2D eigenvalue weighted by Crippen LogP contribution is -2.20. The zero-order valence-electron chi connectivity index (χ0n) is 15.7. The van der Waals surface area contributed by atoms with Crippen LogP contribution in [-0.4, -0.2) is 35.4 Å². The Morgan fingerprint density at radius 3 is 2.90 bits per heavy atom. The van der Waals surface area contributed by atoms with Crippen LogP contribution in [0.2, 0.25) is 0 Å². The molecule has 1 atom stereocenters. The number of hydrogen-bond acceptors (Lipinski definition) is 6. The Kier molecular flexibility index (Phi) is 5.44. The van der Waals surface area contributed by atoms with Crippen LogP contribution in [-0.2, 0) is 10.1 Å². The molecule has 150 valence electrons. The molecule has 2 N–H and O–H groups in total. The third-order valence-corrected chi connectivity index (χ3v) is 4.93. The molecule has 0 amide bonds. The number of halogens is 2. The van der Waals surface area contributed by atoms with Crippen molar-refractivity contribution in [2.24, 2.45) is 4.36 Å². The first kappa shape index (κ1) is 19.3. The molecular formula is C20H19F2N5OS. The van der Waals surface area contributed by atoms with E-state index in [1.807, 2.05) is 0 Å². The Labute approximate surface area is 168 Å². The summed E-state index contributed by atoms with van der Waals surface area (Å²) in [6, 6.07) is 7.09. The number of nitrogens with one attached hydrogen (secondary N) is 2. The van der Waals surface area contributed by atoms with Crippen LogP contribution in [0.5, 0.6) is 5.75 Å². The predicted molar refractivity (Wildman–Crippen MR) is 111 cm³/mol. The molecule has 6 nitrogen and oxygen atoms in total. The van der Waals surface area contributed by atoms with E-state index >= 15 is 0 Å². The van der Waals surface area contributed by atoms with Crippen molar-refractivity contribution in [2.45, 2.75) is 12.5 Å². The lowest BCUT2D eigenvalue weighted by Gasteiger charge is -2.17.